The fourth-order valence-electron chi connectivity index (χ4n) is 5.07. The number of hydrogen-bond acceptors (Lipinski definition) is 6. The Kier molecular flexibility index (Phi) is 7.73. The summed E-state index contributed by atoms with van der Waals surface area (Å²) in [7, 11) is 0. The Labute approximate surface area is 238 Å². The van der Waals surface area contributed by atoms with Gasteiger partial charge in [0, 0.05) is 41.9 Å². The molecule has 41 heavy (non-hydrogen) atoms. The van der Waals surface area contributed by atoms with Crippen molar-refractivity contribution in [2.75, 3.05) is 13.1 Å². The fraction of sp³-hybridized carbons (Fsp3) is 0.312. The third-order valence-electron chi connectivity index (χ3n) is 7.39. The molecule has 1 aromatic heterocycles. The molecule has 2 N–H and O–H groups in total. The number of rotatable bonds is 7. The normalized spacial score (nSPS) is 15.4. The van der Waals surface area contributed by atoms with Crippen molar-refractivity contribution in [3.63, 3.8) is 0 Å². The van der Waals surface area contributed by atoms with Crippen LogP contribution in [-0.2, 0) is 16.1 Å². The minimum absolute atomic E-state index is 0.230. The van der Waals surface area contributed by atoms with Gasteiger partial charge in [-0.2, -0.15) is 4.98 Å². The average molecular weight is 557 g/mol. The number of likely N-dealkylation sites (tertiary alicyclic amines) is 1. The Morgan fingerprint density at radius 1 is 0.976 bits per heavy atom. The Bertz CT molecular complexity index is 1540. The third-order valence-corrected chi connectivity index (χ3v) is 7.39. The molecule has 2 heterocycles. The first kappa shape index (κ1) is 28.2. The number of aliphatic carboxylic acids is 1. The van der Waals surface area contributed by atoms with Crippen molar-refractivity contribution in [3.05, 3.63) is 84.2 Å². The predicted molar refractivity (Wildman–Crippen MR) is 153 cm³/mol. The summed E-state index contributed by atoms with van der Waals surface area (Å²) in [6, 6.07) is 21.9. The van der Waals surface area contributed by atoms with Gasteiger partial charge < -0.3 is 14.9 Å². The molecule has 1 fully saturated rings. The van der Waals surface area contributed by atoms with Crippen molar-refractivity contribution < 1.29 is 23.6 Å². The lowest BCUT2D eigenvalue weighted by atomic mass is 9.77. The molecule has 0 radical (unpaired) electrons. The molecule has 9 heteroatoms. The molecule has 8 nitrogen and oxygen atoms in total. The van der Waals surface area contributed by atoms with Gasteiger partial charge in [0.05, 0.1) is 0 Å². The maximum atomic E-state index is 14.8. The Balaban J connectivity index is 1.22. The Morgan fingerprint density at radius 2 is 1.63 bits per heavy atom. The lowest BCUT2D eigenvalue weighted by Crippen LogP contribution is -2.56. The van der Waals surface area contributed by atoms with Crippen molar-refractivity contribution in [2.45, 2.75) is 45.7 Å². The van der Waals surface area contributed by atoms with E-state index >= 15 is 0 Å². The lowest BCUT2D eigenvalue weighted by molar-refractivity contribution is -0.160. The zero-order valence-corrected chi connectivity index (χ0v) is 23.4. The summed E-state index contributed by atoms with van der Waals surface area (Å²) in [5, 5.41) is 16.8. The molecular weight excluding hydrogens is 523 g/mol. The first-order valence-electron chi connectivity index (χ1n) is 13.6. The van der Waals surface area contributed by atoms with Gasteiger partial charge in [-0.15, -0.1) is 0 Å². The number of halogens is 1. The van der Waals surface area contributed by atoms with Crippen molar-refractivity contribution in [2.24, 2.45) is 5.41 Å². The molecule has 1 aliphatic heterocycles. The molecule has 0 saturated carbocycles. The number of aromatic nitrogens is 2. The Morgan fingerprint density at radius 3 is 2.24 bits per heavy atom. The molecule has 5 rings (SSSR count). The van der Waals surface area contributed by atoms with Gasteiger partial charge in [-0.1, -0.05) is 65.8 Å². The van der Waals surface area contributed by atoms with Gasteiger partial charge in [-0.3, -0.25) is 14.5 Å². The maximum absolute atomic E-state index is 14.8. The van der Waals surface area contributed by atoms with E-state index in [0.29, 0.717) is 36.6 Å². The second kappa shape index (κ2) is 11.2. The predicted octanol–water partition coefficient (Wildman–Crippen LogP) is 5.79. The van der Waals surface area contributed by atoms with Gasteiger partial charge in [-0.05, 0) is 56.9 Å². The fourth-order valence-corrected chi connectivity index (χ4v) is 5.07. The number of piperidine rings is 1. The molecule has 1 saturated heterocycles. The monoisotopic (exact) mass is 556 g/mol. The van der Waals surface area contributed by atoms with Crippen LogP contribution in [0.4, 0.5) is 4.39 Å². The second-order valence-electron chi connectivity index (χ2n) is 11.5. The van der Waals surface area contributed by atoms with E-state index in [0.717, 1.165) is 16.7 Å². The number of nitrogens with zero attached hydrogens (tertiary/aromatic N) is 3. The molecule has 4 aromatic rings. The molecule has 0 spiro atoms. The van der Waals surface area contributed by atoms with Gasteiger partial charge in [0.1, 0.15) is 11.2 Å². The van der Waals surface area contributed by atoms with E-state index in [1.54, 1.807) is 12.1 Å². The minimum atomic E-state index is -1.41. The van der Waals surface area contributed by atoms with Gasteiger partial charge in [0.15, 0.2) is 0 Å². The summed E-state index contributed by atoms with van der Waals surface area (Å²) in [6.07, 6.45) is 0.502. The molecule has 212 valence electrons. The topological polar surface area (TPSA) is 109 Å². The number of carboxylic acids is 1. The van der Waals surface area contributed by atoms with Gasteiger partial charge >= 0.3 is 5.97 Å². The summed E-state index contributed by atoms with van der Waals surface area (Å²) in [5.41, 5.74) is 1.68. The first-order valence-corrected chi connectivity index (χ1v) is 13.6. The van der Waals surface area contributed by atoms with Crippen LogP contribution >= 0.6 is 0 Å². The highest BCUT2D eigenvalue weighted by Gasteiger charge is 2.48. The summed E-state index contributed by atoms with van der Waals surface area (Å²) < 4.78 is 20.3. The van der Waals surface area contributed by atoms with Crippen molar-refractivity contribution >= 4 is 11.9 Å². The number of benzene rings is 3. The van der Waals surface area contributed by atoms with Crippen LogP contribution in [0.15, 0.2) is 77.3 Å². The van der Waals surface area contributed by atoms with Crippen LogP contribution in [0, 0.1) is 11.2 Å². The highest BCUT2D eigenvalue weighted by atomic mass is 19.1. The SMILES string of the molecule is CC(C)(C)NC(=O)C1(C(=O)O)CCN(Cc2ccc(-c3noc(-c4ccc(-c5ccccc5)c(F)c4)n3)cc2)CC1. The van der Waals surface area contributed by atoms with Gasteiger partial charge in [0.2, 0.25) is 11.7 Å². The lowest BCUT2D eigenvalue weighted by Gasteiger charge is -2.39. The summed E-state index contributed by atoms with van der Waals surface area (Å²) in [6.45, 7) is 7.16. The van der Waals surface area contributed by atoms with E-state index < -0.39 is 22.8 Å². The van der Waals surface area contributed by atoms with Crippen LogP contribution in [0.1, 0.15) is 39.2 Å². The molecule has 1 amide bonds. The molecule has 0 bridgehead atoms. The number of hydrogen-bond donors (Lipinski definition) is 2. The highest BCUT2D eigenvalue weighted by Crippen LogP contribution is 2.34. The zero-order valence-electron chi connectivity index (χ0n) is 23.4. The standard InChI is InChI=1S/C32H33FN4O4/c1-31(2,3)35-29(38)32(30(39)40)15-17-37(18-16-32)20-21-9-11-23(12-10-21)27-34-28(41-36-27)24-13-14-25(26(33)19-24)22-7-5-4-6-8-22/h4-14,19H,15-18,20H2,1-3H3,(H,35,38)(H,39,40). The molecule has 0 unspecified atom stereocenters. The second-order valence-corrected chi connectivity index (χ2v) is 11.5. The number of amides is 1. The van der Waals surface area contributed by atoms with Crippen LogP contribution < -0.4 is 5.32 Å². The Hall–Kier alpha value is -4.37. The van der Waals surface area contributed by atoms with Crippen LogP contribution in [0.5, 0.6) is 0 Å². The van der Waals surface area contributed by atoms with Crippen LogP contribution in [-0.4, -0.2) is 50.7 Å². The number of carboxylic acid groups (broad SMARTS) is 1. The first-order chi connectivity index (χ1) is 19.5. The average Bonchev–Trinajstić information content (AvgIpc) is 3.44. The van der Waals surface area contributed by atoms with Crippen molar-refractivity contribution in [1.82, 2.24) is 20.4 Å². The number of carbonyl (C=O) groups excluding carboxylic acids is 1. The number of carbonyl (C=O) groups is 2. The van der Waals surface area contributed by atoms with E-state index in [4.69, 9.17) is 4.52 Å². The van der Waals surface area contributed by atoms with Crippen molar-refractivity contribution in [3.8, 4) is 34.0 Å². The van der Waals surface area contributed by atoms with Crippen LogP contribution in [0.2, 0.25) is 0 Å². The largest absolute Gasteiger partial charge is 0.480 e. The highest BCUT2D eigenvalue weighted by molar-refractivity contribution is 6.02. The zero-order chi connectivity index (χ0) is 29.2. The van der Waals surface area contributed by atoms with Crippen LogP contribution in [0.25, 0.3) is 34.0 Å². The van der Waals surface area contributed by atoms with E-state index in [-0.39, 0.29) is 24.5 Å². The smallest absolute Gasteiger partial charge is 0.319 e. The molecule has 3 aromatic carbocycles. The quantitative estimate of drug-likeness (QED) is 0.277. The summed E-state index contributed by atoms with van der Waals surface area (Å²) in [5.74, 6) is -1.24. The minimum Gasteiger partial charge on any atom is -0.480 e. The number of nitrogens with one attached hydrogen (secondary N) is 1. The van der Waals surface area contributed by atoms with Gasteiger partial charge in [0.25, 0.3) is 5.89 Å². The summed E-state index contributed by atoms with van der Waals surface area (Å²) >= 11 is 0. The molecule has 0 atom stereocenters. The molecule has 0 aliphatic carbocycles. The summed E-state index contributed by atoms with van der Waals surface area (Å²) in [4.78, 5) is 31.6. The molecular formula is C32H33FN4O4. The van der Waals surface area contributed by atoms with E-state index in [1.807, 2.05) is 75.4 Å². The van der Waals surface area contributed by atoms with E-state index in [9.17, 15) is 19.1 Å². The van der Waals surface area contributed by atoms with Crippen LogP contribution in [0.3, 0.4) is 0 Å². The van der Waals surface area contributed by atoms with Crippen molar-refractivity contribution in [1.29, 1.82) is 0 Å². The third kappa shape index (κ3) is 6.20. The van der Waals surface area contributed by atoms with E-state index in [2.05, 4.69) is 20.4 Å². The van der Waals surface area contributed by atoms with Gasteiger partial charge in [-0.25, -0.2) is 4.39 Å². The molecule has 1 aliphatic rings. The maximum Gasteiger partial charge on any atom is 0.319 e. The van der Waals surface area contributed by atoms with E-state index in [1.165, 1.54) is 6.07 Å².